The van der Waals surface area contributed by atoms with Crippen molar-refractivity contribution in [1.29, 1.82) is 0 Å². The largest absolute Gasteiger partial charge is 0.368 e. The number of carbonyl (C=O) groups is 3. The third-order valence-electron chi connectivity index (χ3n) is 6.01. The number of imide groups is 1. The SMILES string of the molecule is Cc1ccc(Cl)cc1N1C(c2ccccc2)=CN2C1=NC1C2C(=O)N(CC(N)=O)C(=O)N1C. The molecule has 168 valence electrons. The minimum atomic E-state index is -0.815. The summed E-state index contributed by atoms with van der Waals surface area (Å²) in [5, 5.41) is 0.563. The van der Waals surface area contributed by atoms with Crippen LogP contribution in [0.25, 0.3) is 5.70 Å². The van der Waals surface area contributed by atoms with Gasteiger partial charge in [-0.05, 0) is 24.6 Å². The number of amides is 4. The number of aryl methyl sites for hydroxylation is 1. The first-order valence-electron chi connectivity index (χ1n) is 10.3. The van der Waals surface area contributed by atoms with Gasteiger partial charge in [-0.1, -0.05) is 48.0 Å². The molecule has 9 nitrogen and oxygen atoms in total. The van der Waals surface area contributed by atoms with Gasteiger partial charge in [0.2, 0.25) is 11.9 Å². The van der Waals surface area contributed by atoms with Gasteiger partial charge >= 0.3 is 6.03 Å². The lowest BCUT2D eigenvalue weighted by Crippen LogP contribution is -2.65. The van der Waals surface area contributed by atoms with E-state index in [0.29, 0.717) is 11.0 Å². The monoisotopic (exact) mass is 464 g/mol. The van der Waals surface area contributed by atoms with Gasteiger partial charge in [-0.2, -0.15) is 0 Å². The summed E-state index contributed by atoms with van der Waals surface area (Å²) in [6.07, 6.45) is 1.11. The molecule has 0 aromatic heterocycles. The Morgan fingerprint density at radius 1 is 1.15 bits per heavy atom. The Morgan fingerprint density at radius 2 is 1.88 bits per heavy atom. The van der Waals surface area contributed by atoms with Crippen LogP contribution in [-0.2, 0) is 9.59 Å². The van der Waals surface area contributed by atoms with E-state index >= 15 is 0 Å². The number of likely N-dealkylation sites (N-methyl/N-ethyl adjacent to an activating group) is 1. The summed E-state index contributed by atoms with van der Waals surface area (Å²) >= 11 is 6.33. The normalized spacial score (nSPS) is 21.8. The molecule has 3 heterocycles. The number of fused-ring (bicyclic) bond motifs is 3. The van der Waals surface area contributed by atoms with E-state index in [1.54, 1.807) is 11.9 Å². The average molecular weight is 465 g/mol. The van der Waals surface area contributed by atoms with Gasteiger partial charge in [0.25, 0.3) is 5.91 Å². The van der Waals surface area contributed by atoms with Crippen molar-refractivity contribution in [2.75, 3.05) is 18.5 Å². The van der Waals surface area contributed by atoms with E-state index in [-0.39, 0.29) is 0 Å². The topological polar surface area (TPSA) is 103 Å². The van der Waals surface area contributed by atoms with Crippen molar-refractivity contribution >= 4 is 46.8 Å². The molecule has 0 spiro atoms. The number of nitrogens with zero attached hydrogens (tertiary/aromatic N) is 5. The van der Waals surface area contributed by atoms with Crippen molar-refractivity contribution in [2.45, 2.75) is 19.1 Å². The van der Waals surface area contributed by atoms with Crippen LogP contribution in [0.1, 0.15) is 11.1 Å². The summed E-state index contributed by atoms with van der Waals surface area (Å²) in [6.45, 7) is 1.48. The summed E-state index contributed by atoms with van der Waals surface area (Å²) in [5.74, 6) is -0.780. The molecule has 1 saturated heterocycles. The number of urea groups is 1. The third-order valence-corrected chi connectivity index (χ3v) is 6.24. The maximum absolute atomic E-state index is 13.3. The number of carbonyl (C=O) groups excluding carboxylic acids is 3. The minimum absolute atomic E-state index is 0.485. The Labute approximate surface area is 195 Å². The van der Waals surface area contributed by atoms with Crippen molar-refractivity contribution in [3.63, 3.8) is 0 Å². The number of nitrogens with two attached hydrogens (primary N) is 1. The highest BCUT2D eigenvalue weighted by Gasteiger charge is 2.55. The molecular weight excluding hydrogens is 444 g/mol. The lowest BCUT2D eigenvalue weighted by atomic mass is 10.1. The van der Waals surface area contributed by atoms with Crippen LogP contribution in [0, 0.1) is 6.92 Å². The first kappa shape index (κ1) is 21.0. The molecule has 0 aliphatic carbocycles. The number of primary amides is 1. The fraction of sp³-hybridized carbons (Fsp3) is 0.217. The van der Waals surface area contributed by atoms with Crippen molar-refractivity contribution < 1.29 is 14.4 Å². The number of benzene rings is 2. The van der Waals surface area contributed by atoms with Crippen LogP contribution in [0.15, 0.2) is 59.7 Å². The quantitative estimate of drug-likeness (QED) is 0.747. The predicted molar refractivity (Wildman–Crippen MR) is 124 cm³/mol. The summed E-state index contributed by atoms with van der Waals surface area (Å²) in [5.41, 5.74) is 8.80. The van der Waals surface area contributed by atoms with Crippen molar-refractivity contribution in [2.24, 2.45) is 10.7 Å². The van der Waals surface area contributed by atoms with Gasteiger partial charge in [0, 0.05) is 23.8 Å². The summed E-state index contributed by atoms with van der Waals surface area (Å²) in [6, 6.07) is 13.9. The Hall–Kier alpha value is -3.85. The van der Waals surface area contributed by atoms with E-state index in [1.165, 1.54) is 4.90 Å². The number of halogens is 1. The Morgan fingerprint density at radius 3 is 2.58 bits per heavy atom. The Bertz CT molecular complexity index is 1240. The molecule has 5 rings (SSSR count). The second-order valence-electron chi connectivity index (χ2n) is 8.13. The molecule has 3 aliphatic rings. The molecule has 2 unspecified atom stereocenters. The molecule has 10 heteroatoms. The molecule has 4 amide bonds. The Kier molecular flexibility index (Phi) is 4.86. The number of anilines is 1. The lowest BCUT2D eigenvalue weighted by Gasteiger charge is -2.39. The van der Waals surface area contributed by atoms with E-state index in [4.69, 9.17) is 22.3 Å². The standard InChI is InChI=1S/C23H21ClN6O3/c1-13-8-9-15(24)10-16(13)30-17(14-6-4-3-5-7-14)11-28-19-20(26-22(28)30)27(2)23(33)29(21(19)32)12-18(25)31/h3-11,19-20H,12H2,1-2H3,(H2,25,31). The predicted octanol–water partition coefficient (Wildman–Crippen LogP) is 2.21. The molecular formula is C23H21ClN6O3. The van der Waals surface area contributed by atoms with Gasteiger partial charge in [-0.3, -0.25) is 24.3 Å². The lowest BCUT2D eigenvalue weighted by molar-refractivity contribution is -0.139. The molecule has 0 saturated carbocycles. The van der Waals surface area contributed by atoms with Gasteiger partial charge in [0.1, 0.15) is 6.54 Å². The smallest absolute Gasteiger partial charge is 0.328 e. The highest BCUT2D eigenvalue weighted by atomic mass is 35.5. The zero-order chi connectivity index (χ0) is 23.4. The molecule has 0 bridgehead atoms. The second kappa shape index (κ2) is 7.63. The van der Waals surface area contributed by atoms with Crippen LogP contribution in [0.3, 0.4) is 0 Å². The highest BCUT2D eigenvalue weighted by Crippen LogP contribution is 2.41. The first-order chi connectivity index (χ1) is 15.8. The summed E-state index contributed by atoms with van der Waals surface area (Å²) in [7, 11) is 1.56. The zero-order valence-corrected chi connectivity index (χ0v) is 18.7. The molecule has 2 aromatic carbocycles. The molecule has 2 aromatic rings. The molecule has 2 atom stereocenters. The average Bonchev–Trinajstić information content (AvgIpc) is 3.34. The maximum Gasteiger partial charge on any atom is 0.328 e. The number of guanidine groups is 1. The number of aliphatic imine (C=N–C) groups is 1. The highest BCUT2D eigenvalue weighted by molar-refractivity contribution is 6.31. The third kappa shape index (κ3) is 3.23. The van der Waals surface area contributed by atoms with E-state index in [2.05, 4.69) is 0 Å². The van der Waals surface area contributed by atoms with Crippen LogP contribution in [-0.4, -0.2) is 64.3 Å². The summed E-state index contributed by atoms with van der Waals surface area (Å²) < 4.78 is 0. The summed E-state index contributed by atoms with van der Waals surface area (Å²) in [4.78, 5) is 48.3. The molecule has 0 radical (unpaired) electrons. The van der Waals surface area contributed by atoms with Gasteiger partial charge in [-0.25, -0.2) is 9.79 Å². The molecule has 1 fully saturated rings. The van der Waals surface area contributed by atoms with E-state index in [1.807, 2.05) is 66.6 Å². The first-order valence-corrected chi connectivity index (χ1v) is 10.7. The second-order valence-corrected chi connectivity index (χ2v) is 8.56. The number of rotatable bonds is 4. The number of hydrogen-bond donors (Lipinski definition) is 1. The van der Waals surface area contributed by atoms with Gasteiger partial charge < -0.3 is 10.6 Å². The van der Waals surface area contributed by atoms with Crippen molar-refractivity contribution in [3.05, 3.63) is 70.9 Å². The van der Waals surface area contributed by atoms with Gasteiger partial charge in [0.05, 0.1) is 11.4 Å². The fourth-order valence-electron chi connectivity index (χ4n) is 4.41. The Balaban J connectivity index is 1.64. The zero-order valence-electron chi connectivity index (χ0n) is 18.0. The van der Waals surface area contributed by atoms with Crippen molar-refractivity contribution in [3.8, 4) is 0 Å². The van der Waals surface area contributed by atoms with Crippen LogP contribution < -0.4 is 10.6 Å². The van der Waals surface area contributed by atoms with Gasteiger partial charge in [0.15, 0.2) is 12.2 Å². The fourth-order valence-corrected chi connectivity index (χ4v) is 4.58. The van der Waals surface area contributed by atoms with E-state index < -0.39 is 36.6 Å². The van der Waals surface area contributed by atoms with Crippen LogP contribution in [0.5, 0.6) is 0 Å². The van der Waals surface area contributed by atoms with E-state index in [0.717, 1.165) is 27.4 Å². The minimum Gasteiger partial charge on any atom is -0.368 e. The van der Waals surface area contributed by atoms with E-state index in [9.17, 15) is 14.4 Å². The van der Waals surface area contributed by atoms with Crippen LogP contribution in [0.2, 0.25) is 5.02 Å². The maximum atomic E-state index is 13.3. The molecule has 3 aliphatic heterocycles. The van der Waals surface area contributed by atoms with Gasteiger partial charge in [-0.15, -0.1) is 0 Å². The van der Waals surface area contributed by atoms with Crippen LogP contribution in [0.4, 0.5) is 10.5 Å². The van der Waals surface area contributed by atoms with Crippen LogP contribution >= 0.6 is 11.6 Å². The molecule has 2 N–H and O–H groups in total. The molecule has 33 heavy (non-hydrogen) atoms. The number of hydrogen-bond acceptors (Lipinski definition) is 6. The van der Waals surface area contributed by atoms with Crippen molar-refractivity contribution in [1.82, 2.24) is 14.7 Å².